The number of esters is 1. The van der Waals surface area contributed by atoms with E-state index in [4.69, 9.17) is 4.74 Å². The van der Waals surface area contributed by atoms with Gasteiger partial charge in [0.1, 0.15) is 12.1 Å². The summed E-state index contributed by atoms with van der Waals surface area (Å²) in [6, 6.07) is 0.00850. The molecule has 7 nitrogen and oxygen atoms in total. The average Bonchev–Trinajstić information content (AvgIpc) is 3.25. The zero-order valence-corrected chi connectivity index (χ0v) is 12.4. The fourth-order valence-corrected chi connectivity index (χ4v) is 2.13. The van der Waals surface area contributed by atoms with Crippen LogP contribution in [-0.4, -0.2) is 46.2 Å². The fourth-order valence-electron chi connectivity index (χ4n) is 2.13. The number of rotatable bonds is 5. The molecule has 0 aromatic carbocycles. The molecule has 0 unspecified atom stereocenters. The minimum Gasteiger partial charge on any atom is -0.465 e. The van der Waals surface area contributed by atoms with Crippen LogP contribution in [-0.2, 0) is 9.53 Å². The maximum Gasteiger partial charge on any atom is 0.325 e. The highest BCUT2D eigenvalue weighted by molar-refractivity contribution is 5.97. The molecule has 1 aliphatic rings. The van der Waals surface area contributed by atoms with Crippen molar-refractivity contribution >= 4 is 11.9 Å². The van der Waals surface area contributed by atoms with Crippen molar-refractivity contribution in [2.75, 3.05) is 13.2 Å². The molecule has 114 valence electrons. The Hall–Kier alpha value is -2.18. The Kier molecular flexibility index (Phi) is 4.40. The number of aryl methyl sites for hydroxylation is 1. The van der Waals surface area contributed by atoms with Crippen LogP contribution in [0.4, 0.5) is 0 Å². The van der Waals surface area contributed by atoms with Crippen molar-refractivity contribution in [2.45, 2.75) is 39.7 Å². The van der Waals surface area contributed by atoms with E-state index in [1.165, 1.54) is 4.90 Å². The molecule has 1 saturated carbocycles. The van der Waals surface area contributed by atoms with Gasteiger partial charge in [-0.3, -0.25) is 14.4 Å². The number of carbonyl (C=O) groups is 2. The first-order chi connectivity index (χ1) is 9.95. The van der Waals surface area contributed by atoms with Crippen molar-refractivity contribution < 1.29 is 14.3 Å². The molecule has 1 amide bonds. The van der Waals surface area contributed by atoms with E-state index in [1.807, 2.05) is 0 Å². The van der Waals surface area contributed by atoms with Crippen LogP contribution in [0.5, 0.6) is 0 Å². The van der Waals surface area contributed by atoms with Gasteiger partial charge in [0.2, 0.25) is 0 Å². The molecule has 1 aromatic rings. The third-order valence-electron chi connectivity index (χ3n) is 3.54. The molecule has 1 aromatic heterocycles. The molecule has 1 fully saturated rings. The highest BCUT2D eigenvalue weighted by atomic mass is 16.5. The number of hydrogen-bond acceptors (Lipinski definition) is 5. The summed E-state index contributed by atoms with van der Waals surface area (Å²) >= 11 is 0. The summed E-state index contributed by atoms with van der Waals surface area (Å²) in [5.74, 6) is -0.896. The van der Waals surface area contributed by atoms with E-state index in [-0.39, 0.29) is 24.8 Å². The number of aromatic amines is 1. The van der Waals surface area contributed by atoms with Crippen LogP contribution >= 0.6 is 0 Å². The average molecular weight is 293 g/mol. The van der Waals surface area contributed by atoms with Crippen molar-refractivity contribution in [3.63, 3.8) is 0 Å². The normalized spacial score (nSPS) is 13.9. The molecule has 21 heavy (non-hydrogen) atoms. The number of H-pyrrole nitrogens is 1. The van der Waals surface area contributed by atoms with Crippen molar-refractivity contribution in [3.05, 3.63) is 27.2 Å². The van der Waals surface area contributed by atoms with Crippen LogP contribution in [0.1, 0.15) is 41.4 Å². The molecule has 1 N–H and O–H groups in total. The fraction of sp³-hybridized carbons (Fsp3) is 0.571. The number of aromatic nitrogens is 2. The maximum absolute atomic E-state index is 12.6. The molecule has 0 radical (unpaired) electrons. The Bertz CT molecular complexity index is 619. The van der Waals surface area contributed by atoms with Crippen molar-refractivity contribution in [1.29, 1.82) is 0 Å². The number of nitrogens with one attached hydrogen (secondary N) is 1. The highest BCUT2D eigenvalue weighted by Gasteiger charge is 2.36. The minimum atomic E-state index is -0.530. The van der Waals surface area contributed by atoms with Gasteiger partial charge in [-0.05, 0) is 39.2 Å². The Balaban J connectivity index is 2.29. The van der Waals surface area contributed by atoms with E-state index < -0.39 is 17.4 Å². The zero-order valence-electron chi connectivity index (χ0n) is 12.4. The van der Waals surface area contributed by atoms with E-state index in [2.05, 4.69) is 10.2 Å². The highest BCUT2D eigenvalue weighted by Crippen LogP contribution is 2.28. The summed E-state index contributed by atoms with van der Waals surface area (Å²) in [5.41, 5.74) is 0.652. The molecule has 2 rings (SSSR count). The Morgan fingerprint density at radius 1 is 1.38 bits per heavy atom. The first kappa shape index (κ1) is 15.2. The van der Waals surface area contributed by atoms with E-state index in [1.54, 1.807) is 20.8 Å². The Morgan fingerprint density at radius 2 is 2.05 bits per heavy atom. The van der Waals surface area contributed by atoms with Gasteiger partial charge in [-0.1, -0.05) is 0 Å². The molecule has 7 heteroatoms. The molecule has 0 spiro atoms. The molecule has 1 aliphatic carbocycles. The van der Waals surface area contributed by atoms with Crippen molar-refractivity contribution in [2.24, 2.45) is 0 Å². The predicted molar refractivity (Wildman–Crippen MR) is 75.0 cm³/mol. The summed E-state index contributed by atoms with van der Waals surface area (Å²) in [7, 11) is 0. The number of amides is 1. The standard InChI is InChI=1S/C14H19N3O4/c1-4-21-11(18)7-17(10-5-6-10)14(20)12-8(2)9(3)15-16-13(12)19/h10H,4-7H2,1-3H3,(H,16,19). The SMILES string of the molecule is CCOC(=O)CN(C(=O)c1c(C)c(C)n[nH]c1=O)C1CC1. The first-order valence-corrected chi connectivity index (χ1v) is 6.98. The van der Waals surface area contributed by atoms with Gasteiger partial charge in [0.15, 0.2) is 0 Å². The number of ether oxygens (including phenoxy) is 1. The second-order valence-electron chi connectivity index (χ2n) is 5.11. The number of carbonyl (C=O) groups excluding carboxylic acids is 2. The van der Waals surface area contributed by atoms with Gasteiger partial charge in [0.05, 0.1) is 12.3 Å². The summed E-state index contributed by atoms with van der Waals surface area (Å²) in [5, 5.41) is 6.14. The van der Waals surface area contributed by atoms with E-state index in [0.717, 1.165) is 12.8 Å². The van der Waals surface area contributed by atoms with Crippen LogP contribution in [0, 0.1) is 13.8 Å². The van der Waals surface area contributed by atoms with Crippen LogP contribution in [0.2, 0.25) is 0 Å². The van der Waals surface area contributed by atoms with Gasteiger partial charge in [-0.25, -0.2) is 5.10 Å². The van der Waals surface area contributed by atoms with Crippen LogP contribution < -0.4 is 5.56 Å². The van der Waals surface area contributed by atoms with Gasteiger partial charge >= 0.3 is 5.97 Å². The molecular weight excluding hydrogens is 274 g/mol. The number of nitrogens with zero attached hydrogens (tertiary/aromatic N) is 2. The van der Waals surface area contributed by atoms with Crippen LogP contribution in [0.25, 0.3) is 0 Å². The van der Waals surface area contributed by atoms with Crippen molar-refractivity contribution in [1.82, 2.24) is 15.1 Å². The smallest absolute Gasteiger partial charge is 0.325 e. The van der Waals surface area contributed by atoms with Crippen LogP contribution in [0.3, 0.4) is 0 Å². The van der Waals surface area contributed by atoms with Crippen LogP contribution in [0.15, 0.2) is 4.79 Å². The van der Waals surface area contributed by atoms with Crippen molar-refractivity contribution in [3.8, 4) is 0 Å². The Labute approximate surface area is 122 Å². The summed E-state index contributed by atoms with van der Waals surface area (Å²) in [4.78, 5) is 37.6. The monoisotopic (exact) mass is 293 g/mol. The summed E-state index contributed by atoms with van der Waals surface area (Å²) in [6.45, 7) is 5.24. The van der Waals surface area contributed by atoms with Gasteiger partial charge in [0.25, 0.3) is 11.5 Å². The summed E-state index contributed by atoms with van der Waals surface area (Å²) in [6.07, 6.45) is 1.68. The number of hydrogen-bond donors (Lipinski definition) is 1. The van der Waals surface area contributed by atoms with Gasteiger partial charge in [0, 0.05) is 6.04 Å². The zero-order chi connectivity index (χ0) is 15.6. The molecule has 1 heterocycles. The maximum atomic E-state index is 12.6. The van der Waals surface area contributed by atoms with Gasteiger partial charge in [-0.15, -0.1) is 0 Å². The lowest BCUT2D eigenvalue weighted by Gasteiger charge is -2.21. The lowest BCUT2D eigenvalue weighted by molar-refractivity contribution is -0.144. The topological polar surface area (TPSA) is 92.4 Å². The van der Waals surface area contributed by atoms with Gasteiger partial charge in [-0.2, -0.15) is 5.10 Å². The van der Waals surface area contributed by atoms with E-state index in [9.17, 15) is 14.4 Å². The molecule has 0 aliphatic heterocycles. The molecular formula is C14H19N3O4. The van der Waals surface area contributed by atoms with E-state index in [0.29, 0.717) is 11.3 Å². The summed E-state index contributed by atoms with van der Waals surface area (Å²) < 4.78 is 4.89. The lowest BCUT2D eigenvalue weighted by Crippen LogP contribution is -2.41. The third-order valence-corrected chi connectivity index (χ3v) is 3.54. The second-order valence-corrected chi connectivity index (χ2v) is 5.11. The predicted octanol–water partition coefficient (Wildman–Crippen LogP) is 0.554. The Morgan fingerprint density at radius 3 is 2.62 bits per heavy atom. The largest absolute Gasteiger partial charge is 0.465 e. The molecule has 0 atom stereocenters. The minimum absolute atomic E-state index is 0.00850. The lowest BCUT2D eigenvalue weighted by atomic mass is 10.1. The van der Waals surface area contributed by atoms with E-state index >= 15 is 0 Å². The van der Waals surface area contributed by atoms with Gasteiger partial charge < -0.3 is 9.64 Å². The quantitative estimate of drug-likeness (QED) is 0.801. The molecule has 0 bridgehead atoms. The molecule has 0 saturated heterocycles. The third kappa shape index (κ3) is 3.29. The first-order valence-electron chi connectivity index (χ1n) is 6.98. The second kappa shape index (κ2) is 6.07.